The molecule has 0 aromatic carbocycles. The Morgan fingerprint density at radius 1 is 1.11 bits per heavy atom. The van der Waals surface area contributed by atoms with E-state index in [0.717, 1.165) is 19.6 Å². The summed E-state index contributed by atoms with van der Waals surface area (Å²) < 4.78 is 0. The van der Waals surface area contributed by atoms with E-state index in [2.05, 4.69) is 37.2 Å². The van der Waals surface area contributed by atoms with Crippen LogP contribution in [0.1, 0.15) is 46.0 Å². The zero-order chi connectivity index (χ0) is 14.1. The molecular weight excluding hydrogens is 232 g/mol. The van der Waals surface area contributed by atoms with Gasteiger partial charge in [-0.1, -0.05) is 45.3 Å². The topological polar surface area (TPSA) is 15.3 Å². The molecule has 0 aromatic rings. The maximum Gasteiger partial charge on any atom is 0.0164 e. The van der Waals surface area contributed by atoms with E-state index in [1.807, 2.05) is 12.2 Å². The average molecular weight is 264 g/mol. The van der Waals surface area contributed by atoms with E-state index in [4.69, 9.17) is 0 Å². The minimum absolute atomic E-state index is 0.453. The number of rotatable bonds is 9. The van der Waals surface area contributed by atoms with Crippen molar-refractivity contribution in [1.29, 1.82) is 0 Å². The molecule has 19 heavy (non-hydrogen) atoms. The summed E-state index contributed by atoms with van der Waals surface area (Å²) in [5.41, 5.74) is 0.453. The van der Waals surface area contributed by atoms with Crippen LogP contribution in [-0.4, -0.2) is 37.1 Å². The highest BCUT2D eigenvalue weighted by atomic mass is 15.1. The molecule has 1 rings (SSSR count). The van der Waals surface area contributed by atoms with Crippen LogP contribution in [0.3, 0.4) is 0 Å². The summed E-state index contributed by atoms with van der Waals surface area (Å²) in [5, 5.41) is 3.67. The molecule has 1 aliphatic carbocycles. The number of hydrogen-bond acceptors (Lipinski definition) is 2. The summed E-state index contributed by atoms with van der Waals surface area (Å²) in [6.45, 7) is 16.5. The number of nitrogens with zero attached hydrogens (tertiary/aromatic N) is 1. The molecule has 0 aliphatic heterocycles. The highest BCUT2D eigenvalue weighted by Gasteiger charge is 2.33. The van der Waals surface area contributed by atoms with Gasteiger partial charge in [-0.3, -0.25) is 4.90 Å². The van der Waals surface area contributed by atoms with E-state index < -0.39 is 0 Å². The SMILES string of the molecule is C=CCN(CC=C)CC1(CNC(C)C)CCCCC1. The molecule has 0 bridgehead atoms. The largest absolute Gasteiger partial charge is 0.314 e. The second kappa shape index (κ2) is 8.55. The van der Waals surface area contributed by atoms with Gasteiger partial charge in [-0.05, 0) is 18.3 Å². The molecule has 2 heteroatoms. The van der Waals surface area contributed by atoms with Crippen LogP contribution >= 0.6 is 0 Å². The fourth-order valence-corrected chi connectivity index (χ4v) is 3.16. The Morgan fingerprint density at radius 2 is 1.68 bits per heavy atom. The maximum atomic E-state index is 3.88. The Hall–Kier alpha value is -0.600. The standard InChI is InChI=1S/C17H32N2/c1-5-12-19(13-6-2)15-17(14-18-16(3)4)10-8-7-9-11-17/h5-6,16,18H,1-2,7-15H2,3-4H3. The third kappa shape index (κ3) is 5.92. The van der Waals surface area contributed by atoms with Crippen molar-refractivity contribution >= 4 is 0 Å². The van der Waals surface area contributed by atoms with Crippen LogP contribution < -0.4 is 5.32 Å². The molecule has 0 atom stereocenters. The molecule has 110 valence electrons. The van der Waals surface area contributed by atoms with Gasteiger partial charge in [-0.15, -0.1) is 13.2 Å². The van der Waals surface area contributed by atoms with Crippen LogP contribution in [0.2, 0.25) is 0 Å². The van der Waals surface area contributed by atoms with Gasteiger partial charge in [0.05, 0.1) is 0 Å². The minimum Gasteiger partial charge on any atom is -0.314 e. The molecule has 1 saturated carbocycles. The van der Waals surface area contributed by atoms with Gasteiger partial charge >= 0.3 is 0 Å². The van der Waals surface area contributed by atoms with Crippen molar-refractivity contribution in [2.24, 2.45) is 5.41 Å². The molecule has 0 spiro atoms. The molecular formula is C17H32N2. The molecule has 0 saturated heterocycles. The highest BCUT2D eigenvalue weighted by Crippen LogP contribution is 2.36. The van der Waals surface area contributed by atoms with Crippen molar-refractivity contribution in [3.63, 3.8) is 0 Å². The summed E-state index contributed by atoms with van der Waals surface area (Å²) in [6, 6.07) is 0.575. The van der Waals surface area contributed by atoms with E-state index in [9.17, 15) is 0 Å². The van der Waals surface area contributed by atoms with E-state index >= 15 is 0 Å². The first kappa shape index (κ1) is 16.5. The molecule has 2 nitrogen and oxygen atoms in total. The molecule has 1 fully saturated rings. The van der Waals surface area contributed by atoms with Gasteiger partial charge < -0.3 is 5.32 Å². The normalized spacial score (nSPS) is 18.7. The fraction of sp³-hybridized carbons (Fsp3) is 0.765. The van der Waals surface area contributed by atoms with Gasteiger partial charge in [-0.2, -0.15) is 0 Å². The van der Waals surface area contributed by atoms with Crippen molar-refractivity contribution < 1.29 is 0 Å². The summed E-state index contributed by atoms with van der Waals surface area (Å²) in [5.74, 6) is 0. The first-order valence-electron chi connectivity index (χ1n) is 7.79. The molecule has 0 unspecified atom stereocenters. The van der Waals surface area contributed by atoms with Gasteiger partial charge in [0.15, 0.2) is 0 Å². The van der Waals surface area contributed by atoms with Crippen molar-refractivity contribution in [2.45, 2.75) is 52.0 Å². The summed E-state index contributed by atoms with van der Waals surface area (Å²) in [7, 11) is 0. The Labute approximate surface area is 120 Å². The molecule has 1 aliphatic rings. The predicted molar refractivity (Wildman–Crippen MR) is 85.5 cm³/mol. The van der Waals surface area contributed by atoms with Crippen molar-refractivity contribution in [3.05, 3.63) is 25.3 Å². The fourth-order valence-electron chi connectivity index (χ4n) is 3.16. The minimum atomic E-state index is 0.453. The van der Waals surface area contributed by atoms with Gasteiger partial charge in [0.1, 0.15) is 0 Å². The Kier molecular flexibility index (Phi) is 7.40. The predicted octanol–water partition coefficient (Wildman–Crippen LogP) is 3.61. The van der Waals surface area contributed by atoms with Crippen LogP contribution in [0.5, 0.6) is 0 Å². The van der Waals surface area contributed by atoms with E-state index in [1.165, 1.54) is 38.6 Å². The molecule has 0 aromatic heterocycles. The first-order chi connectivity index (χ1) is 9.12. The molecule has 0 heterocycles. The first-order valence-corrected chi connectivity index (χ1v) is 7.79. The van der Waals surface area contributed by atoms with Gasteiger partial charge in [0, 0.05) is 32.2 Å². The molecule has 0 radical (unpaired) electrons. The molecule has 1 N–H and O–H groups in total. The van der Waals surface area contributed by atoms with Crippen LogP contribution in [0.25, 0.3) is 0 Å². The van der Waals surface area contributed by atoms with Gasteiger partial charge in [0.2, 0.25) is 0 Å². The average Bonchev–Trinajstić information content (AvgIpc) is 2.38. The van der Waals surface area contributed by atoms with Crippen LogP contribution in [0, 0.1) is 5.41 Å². The summed E-state index contributed by atoms with van der Waals surface area (Å²) in [6.07, 6.45) is 10.9. The summed E-state index contributed by atoms with van der Waals surface area (Å²) in [4.78, 5) is 2.48. The lowest BCUT2D eigenvalue weighted by Crippen LogP contribution is -2.46. The number of hydrogen-bond donors (Lipinski definition) is 1. The summed E-state index contributed by atoms with van der Waals surface area (Å²) >= 11 is 0. The van der Waals surface area contributed by atoms with Crippen LogP contribution in [0.15, 0.2) is 25.3 Å². The third-order valence-corrected chi connectivity index (χ3v) is 4.13. The molecule has 0 amide bonds. The van der Waals surface area contributed by atoms with Gasteiger partial charge in [0.25, 0.3) is 0 Å². The third-order valence-electron chi connectivity index (χ3n) is 4.13. The highest BCUT2D eigenvalue weighted by molar-refractivity contribution is 4.91. The van der Waals surface area contributed by atoms with E-state index in [0.29, 0.717) is 11.5 Å². The number of nitrogens with one attached hydrogen (secondary N) is 1. The Bertz CT molecular complexity index is 254. The van der Waals surface area contributed by atoms with Crippen LogP contribution in [0.4, 0.5) is 0 Å². The quantitative estimate of drug-likeness (QED) is 0.640. The van der Waals surface area contributed by atoms with Gasteiger partial charge in [-0.25, -0.2) is 0 Å². The van der Waals surface area contributed by atoms with Crippen molar-refractivity contribution in [2.75, 3.05) is 26.2 Å². The van der Waals surface area contributed by atoms with E-state index in [1.54, 1.807) is 0 Å². The zero-order valence-electron chi connectivity index (χ0n) is 13.0. The van der Waals surface area contributed by atoms with E-state index in [-0.39, 0.29) is 0 Å². The van der Waals surface area contributed by atoms with Crippen LogP contribution in [-0.2, 0) is 0 Å². The zero-order valence-corrected chi connectivity index (χ0v) is 13.0. The van der Waals surface area contributed by atoms with Crippen molar-refractivity contribution in [1.82, 2.24) is 10.2 Å². The second-order valence-corrected chi connectivity index (χ2v) is 6.37. The Morgan fingerprint density at radius 3 is 2.16 bits per heavy atom. The Balaban J connectivity index is 2.65. The lowest BCUT2D eigenvalue weighted by atomic mass is 9.73. The lowest BCUT2D eigenvalue weighted by Gasteiger charge is -2.41. The monoisotopic (exact) mass is 264 g/mol. The second-order valence-electron chi connectivity index (χ2n) is 6.37. The smallest absolute Gasteiger partial charge is 0.0164 e. The van der Waals surface area contributed by atoms with Crippen molar-refractivity contribution in [3.8, 4) is 0 Å². The maximum absolute atomic E-state index is 3.88. The lowest BCUT2D eigenvalue weighted by molar-refractivity contribution is 0.113.